The Hall–Kier alpha value is -1.30. The van der Waals surface area contributed by atoms with E-state index >= 15 is 0 Å². The number of aromatic nitrogens is 2. The minimum absolute atomic E-state index is 0.389. The Morgan fingerprint density at radius 3 is 2.76 bits per heavy atom. The zero-order chi connectivity index (χ0) is 12.2. The molecule has 0 saturated heterocycles. The van der Waals surface area contributed by atoms with E-state index < -0.39 is 11.9 Å². The first-order valence-electron chi connectivity index (χ1n) is 4.88. The first-order valence-corrected chi connectivity index (χ1v) is 5.67. The molecule has 1 aliphatic heterocycles. The SMILES string of the molecule is FC(F)(F)c1cn2c(n1)-c1ccc(Br)cc1C2. The van der Waals surface area contributed by atoms with Gasteiger partial charge in [0.2, 0.25) is 0 Å². The van der Waals surface area contributed by atoms with Gasteiger partial charge in [0.1, 0.15) is 5.82 Å². The number of imidazole rings is 1. The first-order chi connectivity index (χ1) is 7.95. The molecule has 0 unspecified atom stereocenters. The standard InChI is InChI=1S/C11H6BrF3N2/c12-7-1-2-8-6(3-7)4-17-5-9(11(13,14)15)16-10(8)17/h1-3,5H,4H2. The average molecular weight is 303 g/mol. The van der Waals surface area contributed by atoms with E-state index in [9.17, 15) is 13.2 Å². The van der Waals surface area contributed by atoms with E-state index in [1.165, 1.54) is 4.57 Å². The third-order valence-corrected chi connectivity index (χ3v) is 3.21. The van der Waals surface area contributed by atoms with Gasteiger partial charge in [0.05, 0.1) is 0 Å². The fourth-order valence-electron chi connectivity index (χ4n) is 1.98. The first kappa shape index (κ1) is 10.8. The van der Waals surface area contributed by atoms with Gasteiger partial charge in [-0.05, 0) is 23.8 Å². The van der Waals surface area contributed by atoms with Crippen LogP contribution in [0.5, 0.6) is 0 Å². The molecule has 2 aromatic rings. The van der Waals surface area contributed by atoms with E-state index in [0.29, 0.717) is 12.4 Å². The van der Waals surface area contributed by atoms with E-state index in [4.69, 9.17) is 0 Å². The topological polar surface area (TPSA) is 17.8 Å². The monoisotopic (exact) mass is 302 g/mol. The molecule has 0 radical (unpaired) electrons. The van der Waals surface area contributed by atoms with Gasteiger partial charge in [-0.15, -0.1) is 0 Å². The Balaban J connectivity index is 2.13. The van der Waals surface area contributed by atoms with Gasteiger partial charge < -0.3 is 4.57 Å². The highest BCUT2D eigenvalue weighted by Gasteiger charge is 2.36. The summed E-state index contributed by atoms with van der Waals surface area (Å²) in [5.74, 6) is 0.389. The van der Waals surface area contributed by atoms with Crippen molar-refractivity contribution < 1.29 is 13.2 Å². The average Bonchev–Trinajstić information content (AvgIpc) is 2.72. The Morgan fingerprint density at radius 1 is 1.29 bits per heavy atom. The summed E-state index contributed by atoms with van der Waals surface area (Å²) in [6, 6.07) is 5.49. The molecule has 0 N–H and O–H groups in total. The molecule has 2 heterocycles. The number of benzene rings is 1. The van der Waals surface area contributed by atoms with Crippen molar-refractivity contribution in [2.75, 3.05) is 0 Å². The van der Waals surface area contributed by atoms with Gasteiger partial charge in [0, 0.05) is 22.8 Å². The quantitative estimate of drug-likeness (QED) is 0.619. The molecule has 0 atom stereocenters. The number of hydrogen-bond acceptors (Lipinski definition) is 1. The van der Waals surface area contributed by atoms with Gasteiger partial charge >= 0.3 is 6.18 Å². The number of hydrogen-bond donors (Lipinski definition) is 0. The predicted octanol–water partition coefficient (Wildman–Crippen LogP) is 3.69. The summed E-state index contributed by atoms with van der Waals surface area (Å²) in [6.07, 6.45) is -3.32. The highest BCUT2D eigenvalue weighted by Crippen LogP contribution is 2.36. The fraction of sp³-hybridized carbons (Fsp3) is 0.182. The molecule has 2 nitrogen and oxygen atoms in total. The summed E-state index contributed by atoms with van der Waals surface area (Å²) in [6.45, 7) is 0.438. The van der Waals surface area contributed by atoms with Crippen molar-refractivity contribution >= 4 is 15.9 Å². The molecule has 0 spiro atoms. The summed E-state index contributed by atoms with van der Waals surface area (Å²) < 4.78 is 39.9. The second kappa shape index (κ2) is 3.35. The van der Waals surface area contributed by atoms with Crippen LogP contribution in [0.15, 0.2) is 28.9 Å². The molecule has 0 amide bonds. The van der Waals surface area contributed by atoms with Gasteiger partial charge in [-0.25, -0.2) is 4.98 Å². The van der Waals surface area contributed by atoms with Crippen LogP contribution in [-0.4, -0.2) is 9.55 Å². The molecule has 1 aromatic heterocycles. The van der Waals surface area contributed by atoms with E-state index in [0.717, 1.165) is 21.8 Å². The summed E-state index contributed by atoms with van der Waals surface area (Å²) in [7, 11) is 0. The van der Waals surface area contributed by atoms with Crippen LogP contribution >= 0.6 is 15.9 Å². The van der Waals surface area contributed by atoms with E-state index in [1.807, 2.05) is 6.07 Å². The van der Waals surface area contributed by atoms with Crippen LogP contribution in [0.25, 0.3) is 11.4 Å². The van der Waals surface area contributed by atoms with Crippen molar-refractivity contribution in [2.45, 2.75) is 12.7 Å². The Labute approximate surface area is 103 Å². The molecule has 6 heteroatoms. The number of halogens is 4. The lowest BCUT2D eigenvalue weighted by Gasteiger charge is -2.02. The third kappa shape index (κ3) is 1.67. The Bertz CT molecular complexity index is 601. The second-order valence-corrected chi connectivity index (χ2v) is 4.79. The number of fused-ring (bicyclic) bond motifs is 3. The van der Waals surface area contributed by atoms with Crippen LogP contribution in [0.2, 0.25) is 0 Å². The number of alkyl halides is 3. The van der Waals surface area contributed by atoms with Gasteiger partial charge in [-0.3, -0.25) is 0 Å². The van der Waals surface area contributed by atoms with Gasteiger partial charge in [0.25, 0.3) is 0 Å². The number of nitrogens with zero attached hydrogens (tertiary/aromatic N) is 2. The molecule has 88 valence electrons. The van der Waals surface area contributed by atoms with Crippen molar-refractivity contribution in [1.82, 2.24) is 9.55 Å². The smallest absolute Gasteiger partial charge is 0.326 e. The molecule has 1 aliphatic rings. The minimum atomic E-state index is -4.38. The minimum Gasteiger partial charge on any atom is -0.326 e. The lowest BCUT2D eigenvalue weighted by molar-refractivity contribution is -0.140. The summed E-state index contributed by atoms with van der Waals surface area (Å²) in [4.78, 5) is 3.66. The van der Waals surface area contributed by atoms with E-state index in [1.54, 1.807) is 12.1 Å². The molecule has 0 fully saturated rings. The third-order valence-electron chi connectivity index (χ3n) is 2.72. The second-order valence-electron chi connectivity index (χ2n) is 3.88. The van der Waals surface area contributed by atoms with Crippen molar-refractivity contribution in [3.8, 4) is 11.4 Å². The molecule has 0 bridgehead atoms. The maximum atomic E-state index is 12.5. The Kier molecular flexibility index (Phi) is 2.13. The highest BCUT2D eigenvalue weighted by atomic mass is 79.9. The molecule has 17 heavy (non-hydrogen) atoms. The van der Waals surface area contributed by atoms with Crippen LogP contribution in [0.3, 0.4) is 0 Å². The fourth-order valence-corrected chi connectivity index (χ4v) is 2.39. The van der Waals surface area contributed by atoms with Crippen LogP contribution < -0.4 is 0 Å². The van der Waals surface area contributed by atoms with E-state index in [-0.39, 0.29) is 0 Å². The van der Waals surface area contributed by atoms with E-state index in [2.05, 4.69) is 20.9 Å². The molecule has 3 rings (SSSR count). The van der Waals surface area contributed by atoms with Crippen LogP contribution in [0.4, 0.5) is 13.2 Å². The number of rotatable bonds is 0. The Morgan fingerprint density at radius 2 is 2.06 bits per heavy atom. The summed E-state index contributed by atoms with van der Waals surface area (Å²) >= 11 is 3.33. The lowest BCUT2D eigenvalue weighted by Crippen LogP contribution is -2.05. The molecule has 0 aliphatic carbocycles. The molecule has 1 aromatic carbocycles. The maximum Gasteiger partial charge on any atom is 0.434 e. The summed E-state index contributed by atoms with van der Waals surface area (Å²) in [5.41, 5.74) is 0.917. The van der Waals surface area contributed by atoms with Crippen molar-refractivity contribution in [2.24, 2.45) is 0 Å². The lowest BCUT2D eigenvalue weighted by atomic mass is 10.1. The van der Waals surface area contributed by atoms with Gasteiger partial charge in [0.15, 0.2) is 5.69 Å². The van der Waals surface area contributed by atoms with Crippen LogP contribution in [-0.2, 0) is 12.7 Å². The zero-order valence-electron chi connectivity index (χ0n) is 8.42. The van der Waals surface area contributed by atoms with Crippen LogP contribution in [0, 0.1) is 0 Å². The zero-order valence-corrected chi connectivity index (χ0v) is 10.0. The molecular formula is C11H6BrF3N2. The highest BCUT2D eigenvalue weighted by molar-refractivity contribution is 9.10. The summed E-state index contributed by atoms with van der Waals surface area (Å²) in [5, 5.41) is 0. The van der Waals surface area contributed by atoms with Gasteiger partial charge in [-0.1, -0.05) is 15.9 Å². The van der Waals surface area contributed by atoms with Crippen molar-refractivity contribution in [3.63, 3.8) is 0 Å². The largest absolute Gasteiger partial charge is 0.434 e. The predicted molar refractivity (Wildman–Crippen MR) is 59.5 cm³/mol. The van der Waals surface area contributed by atoms with Crippen LogP contribution in [0.1, 0.15) is 11.3 Å². The maximum absolute atomic E-state index is 12.5. The van der Waals surface area contributed by atoms with Gasteiger partial charge in [-0.2, -0.15) is 13.2 Å². The molecule has 0 saturated carbocycles. The molecular weight excluding hydrogens is 297 g/mol. The van der Waals surface area contributed by atoms with Crippen molar-refractivity contribution in [1.29, 1.82) is 0 Å². The van der Waals surface area contributed by atoms with Crippen molar-refractivity contribution in [3.05, 3.63) is 40.1 Å². The normalized spacial score (nSPS) is 13.6.